The third-order valence-electron chi connectivity index (χ3n) is 5.39. The first-order valence-electron chi connectivity index (χ1n) is 9.87. The van der Waals surface area contributed by atoms with Crippen LogP contribution in [0.3, 0.4) is 0 Å². The second-order valence-electron chi connectivity index (χ2n) is 7.19. The molecule has 0 spiro atoms. The molecular weight excluding hydrogens is 403 g/mol. The summed E-state index contributed by atoms with van der Waals surface area (Å²) in [5.74, 6) is 0. The SMILES string of the molecule is N#Cc1cc(C[P+](c2ccccc2)(c2ccccc2)c2ccccc2)ccc1[N+](=O)[O-]. The van der Waals surface area contributed by atoms with Crippen molar-refractivity contribution in [3.05, 3.63) is 130 Å². The van der Waals surface area contributed by atoms with Crippen LogP contribution in [0.1, 0.15) is 11.1 Å². The van der Waals surface area contributed by atoms with Crippen LogP contribution >= 0.6 is 7.26 Å². The van der Waals surface area contributed by atoms with E-state index < -0.39 is 12.2 Å². The van der Waals surface area contributed by atoms with Gasteiger partial charge in [-0.1, -0.05) is 54.6 Å². The summed E-state index contributed by atoms with van der Waals surface area (Å²) in [5, 5.41) is 24.5. The van der Waals surface area contributed by atoms with E-state index in [9.17, 15) is 15.4 Å². The van der Waals surface area contributed by atoms with Crippen molar-refractivity contribution in [2.45, 2.75) is 6.16 Å². The third kappa shape index (κ3) is 3.97. The van der Waals surface area contributed by atoms with E-state index >= 15 is 0 Å². The minimum Gasteiger partial charge on any atom is -0.258 e. The number of nitriles is 1. The summed E-state index contributed by atoms with van der Waals surface area (Å²) in [6, 6.07) is 38.1. The summed E-state index contributed by atoms with van der Waals surface area (Å²) in [7, 11) is -2.12. The zero-order valence-electron chi connectivity index (χ0n) is 16.8. The highest BCUT2D eigenvalue weighted by Crippen LogP contribution is 2.58. The summed E-state index contributed by atoms with van der Waals surface area (Å²) in [5.41, 5.74) is 0.844. The van der Waals surface area contributed by atoms with E-state index in [0.717, 1.165) is 5.56 Å². The fourth-order valence-corrected chi connectivity index (χ4v) is 8.20. The standard InChI is InChI=1S/C26H20N2O2P/c27-19-22-18-21(16-17-26(22)28(29)30)20-31(23-10-4-1-5-11-23,24-12-6-2-7-13-24)25-14-8-3-9-15-25/h1-18H,20H2/q+1. The molecule has 4 aromatic rings. The maximum atomic E-state index is 11.3. The van der Waals surface area contributed by atoms with Crippen molar-refractivity contribution in [3.8, 4) is 6.07 Å². The topological polar surface area (TPSA) is 66.9 Å². The average molecular weight is 423 g/mol. The zero-order valence-corrected chi connectivity index (χ0v) is 17.7. The van der Waals surface area contributed by atoms with Crippen LogP contribution in [0.4, 0.5) is 5.69 Å². The predicted octanol–water partition coefficient (Wildman–Crippen LogP) is 4.96. The Morgan fingerprint density at radius 3 is 1.58 bits per heavy atom. The smallest absolute Gasteiger partial charge is 0.258 e. The normalized spacial score (nSPS) is 10.9. The van der Waals surface area contributed by atoms with Crippen LogP contribution in [0.25, 0.3) is 0 Å². The van der Waals surface area contributed by atoms with Gasteiger partial charge in [-0.15, -0.1) is 0 Å². The Kier molecular flexibility index (Phi) is 5.89. The molecule has 0 aromatic heterocycles. The molecule has 0 saturated carbocycles. The van der Waals surface area contributed by atoms with Crippen molar-refractivity contribution in [1.82, 2.24) is 0 Å². The molecule has 4 aromatic carbocycles. The summed E-state index contributed by atoms with van der Waals surface area (Å²) >= 11 is 0. The van der Waals surface area contributed by atoms with Gasteiger partial charge in [-0.05, 0) is 54.1 Å². The molecule has 4 nitrogen and oxygen atoms in total. The summed E-state index contributed by atoms with van der Waals surface area (Å²) in [4.78, 5) is 10.8. The fourth-order valence-electron chi connectivity index (χ4n) is 3.97. The number of benzene rings is 4. The molecule has 0 aliphatic carbocycles. The Morgan fingerprint density at radius 2 is 1.19 bits per heavy atom. The minimum absolute atomic E-state index is 0.0924. The van der Waals surface area contributed by atoms with E-state index in [1.54, 1.807) is 12.1 Å². The van der Waals surface area contributed by atoms with Gasteiger partial charge < -0.3 is 0 Å². The monoisotopic (exact) mass is 423 g/mol. The number of hydrogen-bond acceptors (Lipinski definition) is 3. The fraction of sp³-hybridized carbons (Fsp3) is 0.0385. The second kappa shape index (κ2) is 8.92. The van der Waals surface area contributed by atoms with Crippen LogP contribution < -0.4 is 15.9 Å². The van der Waals surface area contributed by atoms with Gasteiger partial charge >= 0.3 is 0 Å². The van der Waals surface area contributed by atoms with Gasteiger partial charge in [0.05, 0.1) is 11.1 Å². The number of nitro benzene ring substituents is 1. The van der Waals surface area contributed by atoms with Crippen LogP contribution in [0.2, 0.25) is 0 Å². The lowest BCUT2D eigenvalue weighted by molar-refractivity contribution is -0.385. The molecule has 0 atom stereocenters. The zero-order chi connectivity index (χ0) is 21.7. The molecule has 0 aliphatic heterocycles. The lowest BCUT2D eigenvalue weighted by Crippen LogP contribution is -2.32. The van der Waals surface area contributed by atoms with Gasteiger partial charge in [-0.25, -0.2) is 0 Å². The van der Waals surface area contributed by atoms with Gasteiger partial charge in [0.25, 0.3) is 5.69 Å². The van der Waals surface area contributed by atoms with Crippen molar-refractivity contribution in [1.29, 1.82) is 5.26 Å². The summed E-state index contributed by atoms with van der Waals surface area (Å²) in [6.07, 6.45) is 0.664. The highest BCUT2D eigenvalue weighted by atomic mass is 31.2. The first-order chi connectivity index (χ1) is 15.1. The Balaban J connectivity index is 1.97. The molecule has 0 fully saturated rings. The van der Waals surface area contributed by atoms with Crippen LogP contribution in [0, 0.1) is 21.4 Å². The lowest BCUT2D eigenvalue weighted by atomic mass is 10.1. The quantitative estimate of drug-likeness (QED) is 0.250. The minimum atomic E-state index is -2.12. The molecule has 4 rings (SSSR count). The number of nitrogens with zero attached hydrogens (tertiary/aromatic N) is 2. The van der Waals surface area contributed by atoms with Crippen molar-refractivity contribution in [2.75, 3.05) is 0 Å². The van der Waals surface area contributed by atoms with Gasteiger partial charge in [0.15, 0.2) is 0 Å². The molecule has 0 amide bonds. The highest BCUT2D eigenvalue weighted by Gasteiger charge is 2.45. The van der Waals surface area contributed by atoms with E-state index in [0.29, 0.717) is 6.16 Å². The van der Waals surface area contributed by atoms with Crippen LogP contribution in [0.15, 0.2) is 109 Å². The van der Waals surface area contributed by atoms with Crippen molar-refractivity contribution in [3.63, 3.8) is 0 Å². The number of hydrogen-bond donors (Lipinski definition) is 0. The predicted molar refractivity (Wildman–Crippen MR) is 127 cm³/mol. The first kappa shape index (κ1) is 20.5. The lowest BCUT2D eigenvalue weighted by Gasteiger charge is -2.27. The summed E-state index contributed by atoms with van der Waals surface area (Å²) < 4.78 is 0. The van der Waals surface area contributed by atoms with Crippen LogP contribution in [-0.2, 0) is 6.16 Å². The third-order valence-corrected chi connectivity index (χ3v) is 9.77. The summed E-state index contributed by atoms with van der Waals surface area (Å²) in [6.45, 7) is 0. The van der Waals surface area contributed by atoms with E-state index in [4.69, 9.17) is 0 Å². The molecule has 31 heavy (non-hydrogen) atoms. The van der Waals surface area contributed by atoms with Crippen molar-refractivity contribution < 1.29 is 4.92 Å². The molecule has 0 N–H and O–H groups in total. The Hall–Kier alpha value is -3.80. The first-order valence-corrected chi connectivity index (χ1v) is 11.8. The van der Waals surface area contributed by atoms with Crippen LogP contribution in [0.5, 0.6) is 0 Å². The molecule has 0 heterocycles. The average Bonchev–Trinajstić information content (AvgIpc) is 2.84. The Morgan fingerprint density at radius 1 is 0.742 bits per heavy atom. The van der Waals surface area contributed by atoms with Gasteiger partial charge in [-0.3, -0.25) is 10.1 Å². The number of nitro groups is 1. The van der Waals surface area contributed by atoms with Crippen LogP contribution in [-0.4, -0.2) is 4.92 Å². The molecular formula is C26H20N2O2P+. The molecule has 150 valence electrons. The maximum absolute atomic E-state index is 11.3. The van der Waals surface area contributed by atoms with Gasteiger partial charge in [0.1, 0.15) is 34.8 Å². The van der Waals surface area contributed by atoms with E-state index in [1.165, 1.54) is 22.0 Å². The number of rotatable bonds is 6. The van der Waals surface area contributed by atoms with E-state index in [2.05, 4.69) is 36.4 Å². The van der Waals surface area contributed by atoms with E-state index in [1.807, 2.05) is 60.7 Å². The van der Waals surface area contributed by atoms with Crippen molar-refractivity contribution >= 4 is 28.9 Å². The second-order valence-corrected chi connectivity index (χ2v) is 10.7. The molecule has 0 bridgehead atoms. The molecule has 0 unspecified atom stereocenters. The Bertz CT molecular complexity index is 1140. The Labute approximate surface area is 181 Å². The van der Waals surface area contributed by atoms with Gasteiger partial charge in [0.2, 0.25) is 0 Å². The highest BCUT2D eigenvalue weighted by molar-refractivity contribution is 7.95. The molecule has 5 heteroatoms. The van der Waals surface area contributed by atoms with Gasteiger partial charge in [0, 0.05) is 6.07 Å². The molecule has 0 saturated heterocycles. The largest absolute Gasteiger partial charge is 0.287 e. The molecule has 0 aliphatic rings. The van der Waals surface area contributed by atoms with Crippen molar-refractivity contribution in [2.24, 2.45) is 0 Å². The maximum Gasteiger partial charge on any atom is 0.287 e. The van der Waals surface area contributed by atoms with Gasteiger partial charge in [-0.2, -0.15) is 5.26 Å². The van der Waals surface area contributed by atoms with E-state index in [-0.39, 0.29) is 11.3 Å². The molecule has 0 radical (unpaired) electrons.